The van der Waals surface area contributed by atoms with Crippen molar-refractivity contribution >= 4 is 35.2 Å². The molecule has 1 aliphatic carbocycles. The Kier molecular flexibility index (Phi) is 9.96. The minimum absolute atomic E-state index is 0.0564. The summed E-state index contributed by atoms with van der Waals surface area (Å²) in [5.74, 6) is -1.81. The molecule has 14 nitrogen and oxygen atoms in total. The first kappa shape index (κ1) is 35.1. The van der Waals surface area contributed by atoms with Crippen molar-refractivity contribution in [3.05, 3.63) is 48.0 Å². The largest absolute Gasteiger partial charge is 0.497 e. The van der Waals surface area contributed by atoms with Crippen molar-refractivity contribution < 1.29 is 33.8 Å². The van der Waals surface area contributed by atoms with Gasteiger partial charge in [0.1, 0.15) is 45.4 Å². The topological polar surface area (TPSA) is 178 Å². The average molecular weight is 706 g/mol. The van der Waals surface area contributed by atoms with Crippen molar-refractivity contribution in [2.24, 2.45) is 5.92 Å². The second-order valence-electron chi connectivity index (χ2n) is 14.0. The number of carboxylic acids is 1. The van der Waals surface area contributed by atoms with Gasteiger partial charge in [-0.3, -0.25) is 9.59 Å². The Bertz CT molecular complexity index is 1750. The lowest BCUT2D eigenvalue weighted by molar-refractivity contribution is -0.145. The number of nitrogens with zero attached hydrogens (tertiary/aromatic N) is 5. The molecule has 1 saturated carbocycles. The van der Waals surface area contributed by atoms with Crippen molar-refractivity contribution in [3.8, 4) is 27.7 Å². The number of rotatable bonds is 6. The summed E-state index contributed by atoms with van der Waals surface area (Å²) in [4.78, 5) is 61.3. The van der Waals surface area contributed by atoms with Gasteiger partial charge in [0.2, 0.25) is 11.8 Å². The van der Waals surface area contributed by atoms with Crippen LogP contribution >= 0.6 is 11.3 Å². The maximum atomic E-state index is 14.4. The van der Waals surface area contributed by atoms with Crippen LogP contribution in [0.15, 0.2) is 48.0 Å². The minimum Gasteiger partial charge on any atom is -0.497 e. The maximum Gasteiger partial charge on any atom is 0.408 e. The number of carbonyl (C=O) groups excluding carboxylic acids is 3. The molecule has 266 valence electrons. The average Bonchev–Trinajstić information content (AvgIpc) is 3.52. The summed E-state index contributed by atoms with van der Waals surface area (Å²) in [5, 5.41) is 28.0. The van der Waals surface area contributed by atoms with E-state index in [-0.39, 0.29) is 25.3 Å². The second kappa shape index (κ2) is 14.2. The standard InChI is InChI=1S/C35H43N7O7S/c1-34(2,3)49-33(47)37-25-11-9-7-5-6-8-10-22-19-35(22,32(45)46)38-29(43)26-18-23(20-41(26)31(25)44)42-39-27(21-12-14-24(48-4)15-13-21)28(40-42)30-36-16-17-50-30/h8,10,12-17,22-23,25-26H,5-7,9,11,18-20H2,1-4H3,(H,37,47)(H,38,43)(H,45,46)/t22-,23+,25-,26+,35+/m1/s1. The van der Waals surface area contributed by atoms with Crippen molar-refractivity contribution in [1.82, 2.24) is 35.5 Å². The van der Waals surface area contributed by atoms with Gasteiger partial charge in [-0.2, -0.15) is 9.90 Å². The number of carboxylic acid groups (broad SMARTS) is 1. The molecule has 3 aromatic rings. The lowest BCUT2D eigenvalue weighted by atomic mass is 10.0. The van der Waals surface area contributed by atoms with Gasteiger partial charge in [0.15, 0.2) is 0 Å². The molecule has 1 saturated heterocycles. The first-order valence-electron chi connectivity index (χ1n) is 16.9. The van der Waals surface area contributed by atoms with E-state index in [0.29, 0.717) is 35.0 Å². The number of aliphatic carboxylic acids is 1. The molecule has 2 aromatic heterocycles. The Morgan fingerprint density at radius 2 is 1.86 bits per heavy atom. The monoisotopic (exact) mass is 705 g/mol. The minimum atomic E-state index is -1.45. The van der Waals surface area contributed by atoms with E-state index in [1.54, 1.807) is 34.1 Å². The van der Waals surface area contributed by atoms with Gasteiger partial charge in [0.25, 0.3) is 0 Å². The number of allylic oxidation sites excluding steroid dienone is 1. The zero-order valence-corrected chi connectivity index (χ0v) is 29.4. The second-order valence-corrected chi connectivity index (χ2v) is 14.9. The van der Waals surface area contributed by atoms with E-state index < -0.39 is 53.1 Å². The Morgan fingerprint density at radius 3 is 2.54 bits per heavy atom. The van der Waals surface area contributed by atoms with Gasteiger partial charge in [-0.1, -0.05) is 25.0 Å². The zero-order chi connectivity index (χ0) is 35.6. The number of benzene rings is 1. The Labute approximate surface area is 294 Å². The van der Waals surface area contributed by atoms with Crippen molar-refractivity contribution in [2.75, 3.05) is 13.7 Å². The summed E-state index contributed by atoms with van der Waals surface area (Å²) in [5.41, 5.74) is -0.327. The fraction of sp³-hybridized carbons (Fsp3) is 0.514. The van der Waals surface area contributed by atoms with E-state index in [1.165, 1.54) is 21.0 Å². The van der Waals surface area contributed by atoms with Crippen molar-refractivity contribution in [1.29, 1.82) is 0 Å². The first-order valence-corrected chi connectivity index (χ1v) is 17.8. The number of ether oxygens (including phenoxy) is 2. The molecule has 0 bridgehead atoms. The number of amides is 3. The molecule has 2 aliphatic heterocycles. The van der Waals surface area contributed by atoms with E-state index in [1.807, 2.05) is 41.8 Å². The van der Waals surface area contributed by atoms with Gasteiger partial charge in [-0.15, -0.1) is 16.4 Å². The van der Waals surface area contributed by atoms with Crippen LogP contribution in [0.4, 0.5) is 4.79 Å². The molecule has 5 atom stereocenters. The van der Waals surface area contributed by atoms with E-state index in [2.05, 4.69) is 15.6 Å². The molecular weight excluding hydrogens is 662 g/mol. The fourth-order valence-corrected chi connectivity index (χ4v) is 7.23. The van der Waals surface area contributed by atoms with Crippen LogP contribution in [0.3, 0.4) is 0 Å². The summed E-state index contributed by atoms with van der Waals surface area (Å²) < 4.78 is 10.8. The smallest absolute Gasteiger partial charge is 0.408 e. The summed E-state index contributed by atoms with van der Waals surface area (Å²) in [6, 6.07) is 4.85. The third-order valence-electron chi connectivity index (χ3n) is 9.28. The van der Waals surface area contributed by atoms with Gasteiger partial charge in [-0.25, -0.2) is 14.6 Å². The molecule has 3 N–H and O–H groups in total. The van der Waals surface area contributed by atoms with Gasteiger partial charge in [0, 0.05) is 36.0 Å². The highest BCUT2D eigenvalue weighted by Gasteiger charge is 2.61. The van der Waals surface area contributed by atoms with Crippen LogP contribution < -0.4 is 15.4 Å². The summed E-state index contributed by atoms with van der Waals surface area (Å²) in [7, 11) is 1.59. The van der Waals surface area contributed by atoms with Crippen LogP contribution in [0, 0.1) is 5.92 Å². The molecule has 3 amide bonds. The number of nitrogens with one attached hydrogen (secondary N) is 2. The van der Waals surface area contributed by atoms with Gasteiger partial charge in [0.05, 0.1) is 13.2 Å². The molecule has 6 rings (SSSR count). The van der Waals surface area contributed by atoms with Gasteiger partial charge in [-0.05, 0) is 70.7 Å². The van der Waals surface area contributed by atoms with Crippen LogP contribution in [-0.4, -0.2) is 90.7 Å². The van der Waals surface area contributed by atoms with E-state index in [4.69, 9.17) is 19.7 Å². The highest BCUT2D eigenvalue weighted by molar-refractivity contribution is 7.13. The highest BCUT2D eigenvalue weighted by atomic mass is 32.1. The van der Waals surface area contributed by atoms with Crippen LogP contribution in [0.5, 0.6) is 5.75 Å². The predicted octanol–water partition coefficient (Wildman–Crippen LogP) is 4.59. The number of thiazole rings is 1. The summed E-state index contributed by atoms with van der Waals surface area (Å²) in [6.45, 7) is 5.28. The first-order chi connectivity index (χ1) is 23.9. The van der Waals surface area contributed by atoms with E-state index in [9.17, 15) is 24.3 Å². The molecule has 3 aliphatic rings. The van der Waals surface area contributed by atoms with Crippen molar-refractivity contribution in [3.63, 3.8) is 0 Å². The quantitative estimate of drug-likeness (QED) is 0.307. The number of carbonyl (C=O) groups is 4. The molecule has 0 radical (unpaired) electrons. The molecule has 0 spiro atoms. The highest BCUT2D eigenvalue weighted by Crippen LogP contribution is 2.46. The molecule has 15 heteroatoms. The molecule has 2 fully saturated rings. The van der Waals surface area contributed by atoms with E-state index >= 15 is 0 Å². The molecule has 0 unspecified atom stereocenters. The maximum absolute atomic E-state index is 14.4. The normalized spacial score (nSPS) is 25.8. The van der Waals surface area contributed by atoms with Gasteiger partial charge >= 0.3 is 12.1 Å². The van der Waals surface area contributed by atoms with Crippen LogP contribution in [-0.2, 0) is 19.1 Å². The third-order valence-corrected chi connectivity index (χ3v) is 10.1. The fourth-order valence-electron chi connectivity index (χ4n) is 6.61. The number of aromatic nitrogens is 4. The van der Waals surface area contributed by atoms with Crippen LogP contribution in [0.1, 0.15) is 71.8 Å². The summed E-state index contributed by atoms with van der Waals surface area (Å²) >= 11 is 1.41. The third kappa shape index (κ3) is 7.52. The lowest BCUT2D eigenvalue weighted by Gasteiger charge is -2.30. The Morgan fingerprint density at radius 1 is 1.10 bits per heavy atom. The number of alkyl carbamates (subject to hydrolysis) is 1. The van der Waals surface area contributed by atoms with E-state index in [0.717, 1.165) is 24.8 Å². The van der Waals surface area contributed by atoms with Gasteiger partial charge < -0.3 is 30.1 Å². The molecule has 50 heavy (non-hydrogen) atoms. The molecule has 1 aromatic carbocycles. The lowest BCUT2D eigenvalue weighted by Crippen LogP contribution is -2.56. The number of hydrogen-bond acceptors (Lipinski definition) is 10. The van der Waals surface area contributed by atoms with Crippen LogP contribution in [0.25, 0.3) is 22.0 Å². The molecule has 4 heterocycles. The van der Waals surface area contributed by atoms with Crippen LogP contribution in [0.2, 0.25) is 0 Å². The zero-order valence-electron chi connectivity index (χ0n) is 28.6. The Hall–Kier alpha value is -4.79. The SMILES string of the molecule is COc1ccc(-c2nn([C@H]3C[C@H]4C(=O)N[C@@]5(C(=O)O)C[C@H]5C=CCCCCC[C@@H](NC(=O)OC(C)(C)C)C(=O)N4C3)nc2-c2nccs2)cc1. The number of methoxy groups -OCH3 is 1. The number of fused-ring (bicyclic) bond motifs is 2. The predicted molar refractivity (Wildman–Crippen MR) is 184 cm³/mol. The number of hydrogen-bond donors (Lipinski definition) is 3. The molecular formula is C35H43N7O7S. The van der Waals surface area contributed by atoms with Crippen molar-refractivity contribution in [2.45, 2.75) is 95.0 Å². The summed E-state index contributed by atoms with van der Waals surface area (Å²) in [6.07, 6.45) is 8.55. The Balaban J connectivity index is 1.35.